The van der Waals surface area contributed by atoms with Gasteiger partial charge in [-0.05, 0) is 92.4 Å². The molecule has 2 fully saturated rings. The monoisotopic (exact) mass is 429 g/mol. The summed E-state index contributed by atoms with van der Waals surface area (Å²) in [5.41, 5.74) is 6.02. The van der Waals surface area contributed by atoms with Gasteiger partial charge in [0.25, 0.3) is 0 Å². The molecule has 0 N–H and O–H groups in total. The second kappa shape index (κ2) is 6.10. The predicted molar refractivity (Wildman–Crippen MR) is 127 cm³/mol. The molecule has 1 aromatic carbocycles. The Kier molecular flexibility index (Phi) is 3.70. The lowest BCUT2D eigenvalue weighted by Gasteiger charge is -2.45. The Morgan fingerprint density at radius 2 is 1.75 bits per heavy atom. The van der Waals surface area contributed by atoms with Crippen molar-refractivity contribution >= 4 is 21.8 Å². The quantitative estimate of drug-likeness (QED) is 0.316. The van der Waals surface area contributed by atoms with Crippen molar-refractivity contribution in [1.29, 1.82) is 0 Å². The second-order valence-electron chi connectivity index (χ2n) is 11.8. The number of hydrogen-bond acceptors (Lipinski definition) is 1. The lowest BCUT2D eigenvalue weighted by atomic mass is 9.61. The van der Waals surface area contributed by atoms with Gasteiger partial charge in [0.15, 0.2) is 17.6 Å². The third-order valence-corrected chi connectivity index (χ3v) is 10.7. The zero-order valence-corrected chi connectivity index (χ0v) is 19.8. The van der Waals surface area contributed by atoms with E-state index in [0.717, 1.165) is 30.1 Å². The molecule has 2 saturated carbocycles. The van der Waals surface area contributed by atoms with Crippen molar-refractivity contribution < 1.29 is 8.96 Å². The molecule has 4 atom stereocenters. The molecule has 2 nitrogen and oxygen atoms in total. The Morgan fingerprint density at radius 1 is 1.03 bits per heavy atom. The molecule has 2 aromatic heterocycles. The minimum atomic E-state index is -0.142. The number of aromatic nitrogens is 2. The molecule has 166 valence electrons. The molecule has 3 heterocycles. The van der Waals surface area contributed by atoms with Gasteiger partial charge in [0.1, 0.15) is 5.52 Å². The number of hydrogen-bond donors (Lipinski definition) is 0. The van der Waals surface area contributed by atoms with Crippen LogP contribution in [0.5, 0.6) is 0 Å². The first-order valence-corrected chi connectivity index (χ1v) is 12.9. The van der Waals surface area contributed by atoms with E-state index in [1.54, 1.807) is 5.56 Å². The standard InChI is InChI=1S/C29H34FN2/c1-5-28(3)22-7-8-31-26-23(30)14-20-24-19-12-16-9-17(13-19)11-18(10-16)21(24)15-32(27(20)25(22)26)29(28,4)6-2/h7-8,14-19H,5-6,9-13H2,1-4H3/q+1. The predicted octanol–water partition coefficient (Wildman–Crippen LogP) is 7.01. The fourth-order valence-corrected chi connectivity index (χ4v) is 8.82. The molecule has 0 amide bonds. The van der Waals surface area contributed by atoms with Crippen molar-refractivity contribution in [3.05, 3.63) is 47.0 Å². The third kappa shape index (κ3) is 2.08. The first-order valence-electron chi connectivity index (χ1n) is 12.9. The number of halogens is 1. The summed E-state index contributed by atoms with van der Waals surface area (Å²) in [6, 6.07) is 4.04. The summed E-state index contributed by atoms with van der Waals surface area (Å²) in [6.45, 7) is 9.48. The van der Waals surface area contributed by atoms with Crippen molar-refractivity contribution in [2.75, 3.05) is 0 Å². The van der Waals surface area contributed by atoms with E-state index in [1.807, 2.05) is 12.3 Å². The average Bonchev–Trinajstić information content (AvgIpc) is 2.97. The molecule has 32 heavy (non-hydrogen) atoms. The number of rotatable bonds is 2. The molecule has 0 saturated heterocycles. The Labute approximate surface area is 190 Å². The van der Waals surface area contributed by atoms with Crippen molar-refractivity contribution in [2.45, 2.75) is 95.4 Å². The molecule has 3 heteroatoms. The van der Waals surface area contributed by atoms with Crippen LogP contribution in [-0.4, -0.2) is 4.98 Å². The van der Waals surface area contributed by atoms with E-state index in [0.29, 0.717) is 17.4 Å². The number of pyridine rings is 2. The van der Waals surface area contributed by atoms with E-state index in [2.05, 4.69) is 49.5 Å². The Morgan fingerprint density at radius 3 is 2.44 bits per heavy atom. The van der Waals surface area contributed by atoms with Crippen LogP contribution in [-0.2, 0) is 11.0 Å². The maximum atomic E-state index is 15.7. The van der Waals surface area contributed by atoms with E-state index in [-0.39, 0.29) is 16.8 Å². The molecule has 5 aliphatic rings. The van der Waals surface area contributed by atoms with Gasteiger partial charge in [0, 0.05) is 25.1 Å². The van der Waals surface area contributed by atoms with Crippen molar-refractivity contribution in [3.8, 4) is 0 Å². The first-order chi connectivity index (χ1) is 15.4. The van der Waals surface area contributed by atoms with Gasteiger partial charge in [-0.25, -0.2) is 4.39 Å². The molecule has 4 bridgehead atoms. The van der Waals surface area contributed by atoms with Crippen LogP contribution in [0.1, 0.15) is 101 Å². The van der Waals surface area contributed by atoms with Gasteiger partial charge in [-0.15, -0.1) is 0 Å². The van der Waals surface area contributed by atoms with Gasteiger partial charge in [-0.3, -0.25) is 4.98 Å². The van der Waals surface area contributed by atoms with E-state index >= 15 is 4.39 Å². The largest absolute Gasteiger partial charge is 0.253 e. The van der Waals surface area contributed by atoms with Crippen molar-refractivity contribution in [1.82, 2.24) is 4.98 Å². The third-order valence-electron chi connectivity index (χ3n) is 10.7. The maximum Gasteiger partial charge on any atom is 0.223 e. The minimum absolute atomic E-state index is 0.0581. The van der Waals surface area contributed by atoms with Gasteiger partial charge in [0.2, 0.25) is 5.52 Å². The highest BCUT2D eigenvalue weighted by molar-refractivity contribution is 6.06. The highest BCUT2D eigenvalue weighted by Crippen LogP contribution is 2.58. The van der Waals surface area contributed by atoms with Gasteiger partial charge in [0.05, 0.1) is 16.2 Å². The van der Waals surface area contributed by atoms with Crippen LogP contribution in [0.25, 0.3) is 21.8 Å². The normalized spacial score (nSPS) is 36.8. The molecule has 4 unspecified atom stereocenters. The molecule has 1 aliphatic heterocycles. The highest BCUT2D eigenvalue weighted by atomic mass is 19.1. The van der Waals surface area contributed by atoms with Crippen molar-refractivity contribution in [3.63, 3.8) is 0 Å². The number of benzene rings is 1. The zero-order chi connectivity index (χ0) is 22.0. The molecule has 0 spiro atoms. The summed E-state index contributed by atoms with van der Waals surface area (Å²) in [5.74, 6) is 2.83. The van der Waals surface area contributed by atoms with Crippen LogP contribution >= 0.6 is 0 Å². The lowest BCUT2D eigenvalue weighted by molar-refractivity contribution is -0.751. The molecule has 3 aromatic rings. The zero-order valence-electron chi connectivity index (χ0n) is 19.8. The van der Waals surface area contributed by atoms with Gasteiger partial charge in [-0.2, -0.15) is 4.57 Å². The molecular formula is C29H34FN2+. The fourth-order valence-electron chi connectivity index (χ4n) is 8.82. The first kappa shape index (κ1) is 19.4. The molecule has 0 radical (unpaired) electrons. The van der Waals surface area contributed by atoms with Crippen molar-refractivity contribution in [2.24, 2.45) is 11.8 Å². The summed E-state index contributed by atoms with van der Waals surface area (Å²) in [4.78, 5) is 4.57. The smallest absolute Gasteiger partial charge is 0.223 e. The van der Waals surface area contributed by atoms with Gasteiger partial charge >= 0.3 is 0 Å². The summed E-state index contributed by atoms with van der Waals surface area (Å²) in [7, 11) is 0. The summed E-state index contributed by atoms with van der Waals surface area (Å²) < 4.78 is 18.3. The fraction of sp³-hybridized carbons (Fsp3) is 0.586. The van der Waals surface area contributed by atoms with E-state index < -0.39 is 0 Å². The van der Waals surface area contributed by atoms with Crippen LogP contribution < -0.4 is 4.57 Å². The van der Waals surface area contributed by atoms with Crippen LogP contribution in [0, 0.1) is 17.7 Å². The van der Waals surface area contributed by atoms with Crippen LogP contribution in [0.2, 0.25) is 0 Å². The minimum Gasteiger partial charge on any atom is -0.253 e. The van der Waals surface area contributed by atoms with Crippen LogP contribution in [0.4, 0.5) is 4.39 Å². The summed E-state index contributed by atoms with van der Waals surface area (Å²) in [6.07, 6.45) is 13.2. The van der Waals surface area contributed by atoms with Gasteiger partial charge in [-0.1, -0.05) is 13.8 Å². The number of nitrogens with zero attached hydrogens (tertiary/aromatic N) is 2. The van der Waals surface area contributed by atoms with Crippen LogP contribution in [0.3, 0.4) is 0 Å². The topological polar surface area (TPSA) is 16.8 Å². The Hall–Kier alpha value is -2.03. The van der Waals surface area contributed by atoms with E-state index in [4.69, 9.17) is 0 Å². The van der Waals surface area contributed by atoms with E-state index in [9.17, 15) is 0 Å². The lowest BCUT2D eigenvalue weighted by Crippen LogP contribution is -2.66. The van der Waals surface area contributed by atoms with E-state index in [1.165, 1.54) is 54.1 Å². The average molecular weight is 430 g/mol. The Bertz CT molecular complexity index is 1300. The molecular weight excluding hydrogens is 395 g/mol. The van der Waals surface area contributed by atoms with Crippen LogP contribution in [0.15, 0.2) is 24.5 Å². The SMILES string of the molecule is CCC1(C)c2ccnc3c(F)cc4c5c(c[n+](c4c23)C1(C)CC)C1CC2CC(C1)CC5C2. The summed E-state index contributed by atoms with van der Waals surface area (Å²) in [5, 5.41) is 2.27. The second-order valence-corrected chi connectivity index (χ2v) is 11.8. The maximum absolute atomic E-state index is 15.7. The molecule has 8 rings (SSSR count). The summed E-state index contributed by atoms with van der Waals surface area (Å²) >= 11 is 0. The molecule has 4 aliphatic carbocycles. The van der Waals surface area contributed by atoms with Gasteiger partial charge < -0.3 is 0 Å². The highest BCUT2D eigenvalue weighted by Gasteiger charge is 2.57. The Balaban J connectivity index is 1.71.